The molecule has 108 valence electrons. The van der Waals surface area contributed by atoms with Crippen molar-refractivity contribution >= 4 is 11.0 Å². The molecule has 6 heteroatoms. The summed E-state index contributed by atoms with van der Waals surface area (Å²) in [5.74, 6) is -1.20. The van der Waals surface area contributed by atoms with Crippen LogP contribution >= 0.6 is 0 Å². The molecular weight excluding hydrogens is 274 g/mol. The number of fused-ring (bicyclic) bond motifs is 1. The summed E-state index contributed by atoms with van der Waals surface area (Å²) in [6.07, 6.45) is 2.37. The minimum atomic E-state index is -0.904. The van der Waals surface area contributed by atoms with E-state index in [1.165, 1.54) is 6.07 Å². The van der Waals surface area contributed by atoms with Crippen LogP contribution in [0.2, 0.25) is 0 Å². The molecule has 1 aromatic carbocycles. The normalized spacial score (nSPS) is 11.2. The van der Waals surface area contributed by atoms with Crippen LogP contribution < -0.4 is 5.73 Å². The maximum absolute atomic E-state index is 13.5. The second kappa shape index (κ2) is 5.57. The minimum absolute atomic E-state index is 0.409. The number of hydrogen-bond donors (Lipinski definition) is 1. The van der Waals surface area contributed by atoms with Crippen molar-refractivity contribution in [3.8, 4) is 11.5 Å². The van der Waals surface area contributed by atoms with Crippen molar-refractivity contribution in [1.29, 1.82) is 0 Å². The second-order valence-corrected chi connectivity index (χ2v) is 4.70. The Kier molecular flexibility index (Phi) is 3.62. The number of benzene rings is 1. The lowest BCUT2D eigenvalue weighted by Crippen LogP contribution is -2.07. The van der Waals surface area contributed by atoms with E-state index in [-0.39, 0.29) is 0 Å². The van der Waals surface area contributed by atoms with Crippen molar-refractivity contribution in [2.24, 2.45) is 5.73 Å². The number of imidazole rings is 1. The number of nitrogens with zero attached hydrogens (tertiary/aromatic N) is 3. The molecule has 3 aromatic rings. The molecule has 0 atom stereocenters. The highest BCUT2D eigenvalue weighted by molar-refractivity contribution is 5.80. The van der Waals surface area contributed by atoms with Gasteiger partial charge in [0.2, 0.25) is 0 Å². The van der Waals surface area contributed by atoms with E-state index < -0.39 is 11.6 Å². The number of pyridine rings is 1. The van der Waals surface area contributed by atoms with Gasteiger partial charge in [-0.05, 0) is 25.1 Å². The number of rotatable bonds is 4. The van der Waals surface area contributed by atoms with Gasteiger partial charge >= 0.3 is 0 Å². The molecule has 21 heavy (non-hydrogen) atoms. The average molecular weight is 288 g/mol. The first-order valence-corrected chi connectivity index (χ1v) is 6.67. The SMILES string of the molecule is NCCCn1c(-c2ccccn2)nc2cc(F)c(F)cc21. The number of nitrogens with two attached hydrogens (primary N) is 1. The molecular formula is C15H14F2N4. The summed E-state index contributed by atoms with van der Waals surface area (Å²) in [4.78, 5) is 8.65. The van der Waals surface area contributed by atoms with E-state index in [4.69, 9.17) is 5.73 Å². The number of hydrogen-bond acceptors (Lipinski definition) is 3. The molecule has 0 unspecified atom stereocenters. The van der Waals surface area contributed by atoms with Crippen molar-refractivity contribution in [2.75, 3.05) is 6.54 Å². The lowest BCUT2D eigenvalue weighted by Gasteiger charge is -2.08. The largest absolute Gasteiger partial charge is 0.330 e. The van der Waals surface area contributed by atoms with Gasteiger partial charge in [-0.3, -0.25) is 4.98 Å². The summed E-state index contributed by atoms with van der Waals surface area (Å²) < 4.78 is 28.7. The molecule has 3 rings (SSSR count). The summed E-state index contributed by atoms with van der Waals surface area (Å²) in [5.41, 5.74) is 7.16. The van der Waals surface area contributed by atoms with Crippen LogP contribution in [0.4, 0.5) is 8.78 Å². The Morgan fingerprint density at radius 1 is 1.14 bits per heavy atom. The van der Waals surface area contributed by atoms with E-state index in [1.54, 1.807) is 12.3 Å². The highest BCUT2D eigenvalue weighted by Crippen LogP contribution is 2.25. The summed E-state index contributed by atoms with van der Waals surface area (Å²) in [6, 6.07) is 7.73. The van der Waals surface area contributed by atoms with Crippen molar-refractivity contribution < 1.29 is 8.78 Å². The molecule has 0 saturated heterocycles. The lowest BCUT2D eigenvalue weighted by atomic mass is 10.3. The third kappa shape index (κ3) is 2.50. The quantitative estimate of drug-likeness (QED) is 0.803. The number of aromatic nitrogens is 3. The summed E-state index contributed by atoms with van der Waals surface area (Å²) in [5, 5.41) is 0. The van der Waals surface area contributed by atoms with Crippen molar-refractivity contribution in [3.05, 3.63) is 48.2 Å². The zero-order valence-corrected chi connectivity index (χ0v) is 11.3. The predicted molar refractivity (Wildman–Crippen MR) is 76.6 cm³/mol. The molecule has 0 bridgehead atoms. The molecule has 0 aliphatic rings. The molecule has 0 radical (unpaired) electrons. The Morgan fingerprint density at radius 2 is 1.95 bits per heavy atom. The van der Waals surface area contributed by atoms with Crippen LogP contribution in [0.3, 0.4) is 0 Å². The van der Waals surface area contributed by atoms with Gasteiger partial charge in [-0.1, -0.05) is 6.07 Å². The molecule has 0 aliphatic heterocycles. The Bertz CT molecular complexity index is 768. The summed E-state index contributed by atoms with van der Waals surface area (Å²) >= 11 is 0. The third-order valence-electron chi connectivity index (χ3n) is 3.27. The number of halogens is 2. The Morgan fingerprint density at radius 3 is 2.67 bits per heavy atom. The topological polar surface area (TPSA) is 56.7 Å². The maximum Gasteiger partial charge on any atom is 0.161 e. The van der Waals surface area contributed by atoms with E-state index in [9.17, 15) is 8.78 Å². The van der Waals surface area contributed by atoms with E-state index in [1.807, 2.05) is 16.7 Å². The van der Waals surface area contributed by atoms with Crippen molar-refractivity contribution in [1.82, 2.24) is 14.5 Å². The molecule has 2 N–H and O–H groups in total. The van der Waals surface area contributed by atoms with E-state index >= 15 is 0 Å². The van der Waals surface area contributed by atoms with Crippen molar-refractivity contribution in [2.45, 2.75) is 13.0 Å². The molecule has 0 fully saturated rings. The van der Waals surface area contributed by atoms with Gasteiger partial charge in [0.1, 0.15) is 5.69 Å². The Hall–Kier alpha value is -2.34. The van der Waals surface area contributed by atoms with Crippen LogP contribution in [0, 0.1) is 11.6 Å². The van der Waals surface area contributed by atoms with Crippen LogP contribution in [0.25, 0.3) is 22.6 Å². The van der Waals surface area contributed by atoms with Crippen LogP contribution in [0.1, 0.15) is 6.42 Å². The van der Waals surface area contributed by atoms with Crippen LogP contribution in [-0.4, -0.2) is 21.1 Å². The predicted octanol–water partition coefficient (Wildman–Crippen LogP) is 2.73. The van der Waals surface area contributed by atoms with Gasteiger partial charge in [-0.15, -0.1) is 0 Å². The molecule has 2 heterocycles. The first kappa shape index (κ1) is 13.6. The monoisotopic (exact) mass is 288 g/mol. The first-order valence-electron chi connectivity index (χ1n) is 6.67. The average Bonchev–Trinajstić information content (AvgIpc) is 2.84. The third-order valence-corrected chi connectivity index (χ3v) is 3.27. The fraction of sp³-hybridized carbons (Fsp3) is 0.200. The zero-order chi connectivity index (χ0) is 14.8. The fourth-order valence-corrected chi connectivity index (χ4v) is 2.29. The van der Waals surface area contributed by atoms with Gasteiger partial charge in [0, 0.05) is 24.9 Å². The van der Waals surface area contributed by atoms with E-state index in [2.05, 4.69) is 9.97 Å². The first-order chi connectivity index (χ1) is 10.2. The van der Waals surface area contributed by atoms with Gasteiger partial charge in [-0.25, -0.2) is 13.8 Å². The molecule has 0 saturated carbocycles. The number of aryl methyl sites for hydroxylation is 1. The minimum Gasteiger partial charge on any atom is -0.330 e. The molecule has 2 aromatic heterocycles. The van der Waals surface area contributed by atoms with Crippen LogP contribution in [0.15, 0.2) is 36.5 Å². The van der Waals surface area contributed by atoms with Gasteiger partial charge in [-0.2, -0.15) is 0 Å². The molecule has 0 spiro atoms. The summed E-state index contributed by atoms with van der Waals surface area (Å²) in [7, 11) is 0. The molecule has 0 amide bonds. The smallest absolute Gasteiger partial charge is 0.161 e. The van der Waals surface area contributed by atoms with Gasteiger partial charge in [0.25, 0.3) is 0 Å². The fourth-order valence-electron chi connectivity index (χ4n) is 2.29. The van der Waals surface area contributed by atoms with Crippen molar-refractivity contribution in [3.63, 3.8) is 0 Å². The Balaban J connectivity index is 2.22. The van der Waals surface area contributed by atoms with Gasteiger partial charge < -0.3 is 10.3 Å². The van der Waals surface area contributed by atoms with E-state index in [0.29, 0.717) is 42.1 Å². The summed E-state index contributed by atoms with van der Waals surface area (Å²) in [6.45, 7) is 1.08. The highest BCUT2D eigenvalue weighted by Gasteiger charge is 2.16. The second-order valence-electron chi connectivity index (χ2n) is 4.70. The van der Waals surface area contributed by atoms with E-state index in [0.717, 1.165) is 6.07 Å². The lowest BCUT2D eigenvalue weighted by molar-refractivity contribution is 0.510. The zero-order valence-electron chi connectivity index (χ0n) is 11.3. The van der Waals surface area contributed by atoms with Gasteiger partial charge in [0.15, 0.2) is 17.5 Å². The van der Waals surface area contributed by atoms with Gasteiger partial charge in [0.05, 0.1) is 11.0 Å². The maximum atomic E-state index is 13.5. The standard InChI is InChI=1S/C15H14F2N4/c16-10-8-13-14(9-11(10)17)21(7-3-5-18)15(20-13)12-4-1-2-6-19-12/h1-2,4,6,8-9H,3,5,7,18H2. The molecule has 4 nitrogen and oxygen atoms in total. The molecule has 0 aliphatic carbocycles. The van der Waals surface area contributed by atoms with Crippen LogP contribution in [0.5, 0.6) is 0 Å². The Labute approximate surface area is 120 Å². The van der Waals surface area contributed by atoms with Crippen LogP contribution in [-0.2, 0) is 6.54 Å². The highest BCUT2D eigenvalue weighted by atomic mass is 19.2.